The van der Waals surface area contributed by atoms with Gasteiger partial charge in [0.1, 0.15) is 0 Å². The summed E-state index contributed by atoms with van der Waals surface area (Å²) in [7, 11) is 0. The molecule has 2 aliphatic rings. The number of hydrogen-bond donors (Lipinski definition) is 1. The van der Waals surface area contributed by atoms with Crippen molar-refractivity contribution in [3.63, 3.8) is 0 Å². The van der Waals surface area contributed by atoms with Crippen LogP contribution in [0.15, 0.2) is 22.7 Å². The molecule has 2 aliphatic heterocycles. The number of carbonyl (C=O) groups excluding carboxylic acids is 1. The van der Waals surface area contributed by atoms with Gasteiger partial charge in [-0.3, -0.25) is 4.79 Å². The maximum atomic E-state index is 12.7. The Balaban J connectivity index is 0.00000161. The lowest BCUT2D eigenvalue weighted by Crippen LogP contribution is -2.44. The Morgan fingerprint density at radius 3 is 2.62 bits per heavy atom. The monoisotopic (exact) mass is 372 g/mol. The Hall–Kier alpha value is -0.580. The van der Waals surface area contributed by atoms with Crippen molar-refractivity contribution < 1.29 is 4.79 Å². The predicted molar refractivity (Wildman–Crippen MR) is 91.2 cm³/mol. The molecule has 0 bridgehead atoms. The third kappa shape index (κ3) is 3.27. The van der Waals surface area contributed by atoms with Crippen molar-refractivity contribution >= 4 is 34.2 Å². The van der Waals surface area contributed by atoms with E-state index in [0.717, 1.165) is 54.6 Å². The lowest BCUT2D eigenvalue weighted by Gasteiger charge is -2.39. The zero-order chi connectivity index (χ0) is 14.2. The summed E-state index contributed by atoms with van der Waals surface area (Å²) in [5.74, 6) is 0.185. The van der Waals surface area contributed by atoms with E-state index >= 15 is 0 Å². The number of likely N-dealkylation sites (tertiary alicyclic amines) is 1. The molecule has 0 saturated carbocycles. The van der Waals surface area contributed by atoms with Gasteiger partial charge in [-0.2, -0.15) is 0 Å². The third-order valence-corrected chi connectivity index (χ3v) is 5.80. The number of hydrogen-bond acceptors (Lipinski definition) is 2. The van der Waals surface area contributed by atoms with Gasteiger partial charge in [0.2, 0.25) is 0 Å². The number of amides is 1. The summed E-state index contributed by atoms with van der Waals surface area (Å²) in [4.78, 5) is 14.7. The summed E-state index contributed by atoms with van der Waals surface area (Å²) >= 11 is 3.51. The molecule has 116 valence electrons. The van der Waals surface area contributed by atoms with E-state index in [1.807, 2.05) is 30.0 Å². The van der Waals surface area contributed by atoms with Gasteiger partial charge in [0.15, 0.2) is 0 Å². The fraction of sp³-hybridized carbons (Fsp3) is 0.562. The van der Waals surface area contributed by atoms with Crippen LogP contribution in [-0.4, -0.2) is 37.0 Å². The van der Waals surface area contributed by atoms with Crippen LogP contribution in [0.25, 0.3) is 0 Å². The molecule has 5 heteroatoms. The summed E-state index contributed by atoms with van der Waals surface area (Å²) in [6, 6.07) is 5.86. The molecular formula is C16H22BrClN2O. The summed E-state index contributed by atoms with van der Waals surface area (Å²) in [6.07, 6.45) is 3.54. The highest BCUT2D eigenvalue weighted by Crippen LogP contribution is 2.37. The van der Waals surface area contributed by atoms with Gasteiger partial charge in [0.05, 0.1) is 0 Å². The fourth-order valence-corrected chi connectivity index (χ4v) is 3.78. The molecule has 2 heterocycles. The maximum Gasteiger partial charge on any atom is 0.254 e. The van der Waals surface area contributed by atoms with Crippen LogP contribution < -0.4 is 5.32 Å². The van der Waals surface area contributed by atoms with Crippen LogP contribution in [0.5, 0.6) is 0 Å². The quantitative estimate of drug-likeness (QED) is 0.818. The van der Waals surface area contributed by atoms with Crippen LogP contribution in [0.4, 0.5) is 0 Å². The van der Waals surface area contributed by atoms with Gasteiger partial charge >= 0.3 is 0 Å². The number of nitrogens with zero attached hydrogens (tertiary/aromatic N) is 1. The average molecular weight is 374 g/mol. The topological polar surface area (TPSA) is 32.3 Å². The van der Waals surface area contributed by atoms with E-state index in [1.54, 1.807) is 0 Å². The van der Waals surface area contributed by atoms with Crippen molar-refractivity contribution in [1.82, 2.24) is 10.2 Å². The lowest BCUT2D eigenvalue weighted by molar-refractivity contribution is 0.0607. The van der Waals surface area contributed by atoms with E-state index in [4.69, 9.17) is 0 Å². The highest BCUT2D eigenvalue weighted by atomic mass is 79.9. The van der Waals surface area contributed by atoms with Gasteiger partial charge in [-0.25, -0.2) is 0 Å². The maximum absolute atomic E-state index is 12.7. The second kappa shape index (κ2) is 6.67. The van der Waals surface area contributed by atoms with Crippen LogP contribution >= 0.6 is 28.3 Å². The Kier molecular flexibility index (Phi) is 5.33. The fourth-order valence-electron chi connectivity index (χ4n) is 3.42. The smallest absolute Gasteiger partial charge is 0.254 e. The van der Waals surface area contributed by atoms with Crippen LogP contribution in [0.1, 0.15) is 35.2 Å². The van der Waals surface area contributed by atoms with Gasteiger partial charge in [-0.1, -0.05) is 22.0 Å². The van der Waals surface area contributed by atoms with Gasteiger partial charge in [0, 0.05) is 29.7 Å². The molecule has 1 aromatic rings. The zero-order valence-corrected chi connectivity index (χ0v) is 14.7. The summed E-state index contributed by atoms with van der Waals surface area (Å²) in [6.45, 7) is 6.06. The minimum atomic E-state index is 0. The first-order valence-electron chi connectivity index (χ1n) is 7.36. The third-order valence-electron chi connectivity index (χ3n) is 4.94. The number of nitrogens with one attached hydrogen (secondary N) is 1. The predicted octanol–water partition coefficient (Wildman–Crippen LogP) is 3.40. The Morgan fingerprint density at radius 1 is 1.29 bits per heavy atom. The molecule has 3 nitrogen and oxygen atoms in total. The first-order chi connectivity index (χ1) is 9.61. The van der Waals surface area contributed by atoms with E-state index in [9.17, 15) is 4.79 Å². The van der Waals surface area contributed by atoms with Crippen LogP contribution in [0.3, 0.4) is 0 Å². The molecule has 0 unspecified atom stereocenters. The first kappa shape index (κ1) is 16.8. The van der Waals surface area contributed by atoms with Gasteiger partial charge < -0.3 is 10.2 Å². The van der Waals surface area contributed by atoms with Crippen molar-refractivity contribution in [3.05, 3.63) is 33.8 Å². The summed E-state index contributed by atoms with van der Waals surface area (Å²) in [5.41, 5.74) is 2.34. The molecule has 0 atom stereocenters. The van der Waals surface area contributed by atoms with Crippen molar-refractivity contribution in [2.24, 2.45) is 5.41 Å². The van der Waals surface area contributed by atoms with Crippen molar-refractivity contribution in [3.8, 4) is 0 Å². The van der Waals surface area contributed by atoms with E-state index in [2.05, 4.69) is 21.2 Å². The molecule has 0 radical (unpaired) electrons. The molecule has 21 heavy (non-hydrogen) atoms. The number of rotatable bonds is 1. The van der Waals surface area contributed by atoms with Gasteiger partial charge in [-0.15, -0.1) is 12.4 Å². The Bertz CT molecular complexity index is 519. The molecule has 1 spiro atoms. The van der Waals surface area contributed by atoms with E-state index < -0.39 is 0 Å². The second-order valence-corrected chi connectivity index (χ2v) is 6.99. The number of benzene rings is 1. The molecular weight excluding hydrogens is 352 g/mol. The van der Waals surface area contributed by atoms with Crippen LogP contribution in [0, 0.1) is 12.3 Å². The molecule has 1 N–H and O–H groups in total. The van der Waals surface area contributed by atoms with E-state index in [0.29, 0.717) is 5.41 Å². The molecule has 0 aliphatic carbocycles. The van der Waals surface area contributed by atoms with Crippen molar-refractivity contribution in [1.29, 1.82) is 0 Å². The number of carbonyl (C=O) groups is 1. The molecule has 0 aromatic heterocycles. The summed E-state index contributed by atoms with van der Waals surface area (Å²) in [5, 5.41) is 3.47. The normalized spacial score (nSPS) is 20.4. The average Bonchev–Trinajstić information content (AvgIpc) is 2.90. The molecule has 1 amide bonds. The largest absolute Gasteiger partial charge is 0.339 e. The van der Waals surface area contributed by atoms with Crippen molar-refractivity contribution in [2.75, 3.05) is 26.2 Å². The SMILES string of the molecule is Cc1c(Br)cccc1C(=O)N1CCC2(CCNC2)CC1.Cl. The number of piperidine rings is 1. The Labute approximate surface area is 141 Å². The lowest BCUT2D eigenvalue weighted by atomic mass is 9.77. The van der Waals surface area contributed by atoms with E-state index in [1.165, 1.54) is 6.42 Å². The minimum absolute atomic E-state index is 0. The van der Waals surface area contributed by atoms with Crippen LogP contribution in [0.2, 0.25) is 0 Å². The standard InChI is InChI=1S/C16H21BrN2O.ClH/c1-12-13(3-2-4-14(12)17)15(20)19-9-6-16(7-10-19)5-8-18-11-16;/h2-4,18H,5-11H2,1H3;1H. The Morgan fingerprint density at radius 2 is 2.00 bits per heavy atom. The molecule has 1 aromatic carbocycles. The highest BCUT2D eigenvalue weighted by Gasteiger charge is 2.38. The molecule has 2 saturated heterocycles. The van der Waals surface area contributed by atoms with Gasteiger partial charge in [-0.05, 0) is 55.8 Å². The van der Waals surface area contributed by atoms with Crippen LogP contribution in [-0.2, 0) is 0 Å². The van der Waals surface area contributed by atoms with E-state index in [-0.39, 0.29) is 18.3 Å². The molecule has 3 rings (SSSR count). The number of halogens is 2. The zero-order valence-electron chi connectivity index (χ0n) is 12.3. The second-order valence-electron chi connectivity index (χ2n) is 6.13. The highest BCUT2D eigenvalue weighted by molar-refractivity contribution is 9.10. The molecule has 2 fully saturated rings. The van der Waals surface area contributed by atoms with Crippen molar-refractivity contribution in [2.45, 2.75) is 26.2 Å². The minimum Gasteiger partial charge on any atom is -0.339 e. The first-order valence-corrected chi connectivity index (χ1v) is 8.16. The van der Waals surface area contributed by atoms with Gasteiger partial charge in [0.25, 0.3) is 5.91 Å². The summed E-state index contributed by atoms with van der Waals surface area (Å²) < 4.78 is 1.01.